The van der Waals surface area contributed by atoms with Crippen LogP contribution in [0.4, 0.5) is 8.78 Å². The second-order valence-electron chi connectivity index (χ2n) is 5.43. The van der Waals surface area contributed by atoms with Crippen LogP contribution in [0, 0.1) is 11.6 Å². The van der Waals surface area contributed by atoms with E-state index in [0.717, 1.165) is 22.7 Å². The normalized spacial score (nSPS) is 12.1. The molecular weight excluding hydrogens is 391 g/mol. The second kappa shape index (κ2) is 8.23. The molecule has 0 spiro atoms. The van der Waals surface area contributed by atoms with E-state index in [1.165, 1.54) is 18.5 Å². The average Bonchev–Trinajstić information content (AvgIpc) is 3.12. The number of rotatable bonds is 7. The summed E-state index contributed by atoms with van der Waals surface area (Å²) in [6, 6.07) is 11.6. The van der Waals surface area contributed by atoms with Crippen LogP contribution in [0.2, 0.25) is 0 Å². The van der Waals surface area contributed by atoms with Crippen LogP contribution in [0.25, 0.3) is 0 Å². The third kappa shape index (κ3) is 4.65. The van der Waals surface area contributed by atoms with E-state index in [9.17, 15) is 8.78 Å². The number of ether oxygens (including phenoxy) is 1. The van der Waals surface area contributed by atoms with Gasteiger partial charge in [0.2, 0.25) is 0 Å². The molecule has 25 heavy (non-hydrogen) atoms. The molecule has 1 atom stereocenters. The zero-order valence-corrected chi connectivity index (χ0v) is 15.3. The fourth-order valence-corrected chi connectivity index (χ4v) is 4.97. The van der Waals surface area contributed by atoms with Crippen LogP contribution in [0.15, 0.2) is 55.1 Å². The van der Waals surface area contributed by atoms with E-state index in [1.807, 2.05) is 24.3 Å². The van der Waals surface area contributed by atoms with Crippen molar-refractivity contribution in [1.82, 2.24) is 14.8 Å². The Morgan fingerprint density at radius 2 is 1.96 bits per heavy atom. The molecule has 1 aromatic heterocycles. The van der Waals surface area contributed by atoms with Crippen molar-refractivity contribution in [2.75, 3.05) is 7.11 Å². The van der Waals surface area contributed by atoms with Gasteiger partial charge >= 0.3 is 151 Å². The molecule has 0 N–H and O–H groups in total. The van der Waals surface area contributed by atoms with Crippen LogP contribution in [-0.2, 0) is 11.9 Å². The van der Waals surface area contributed by atoms with Gasteiger partial charge in [-0.05, 0) is 0 Å². The Bertz CT molecular complexity index is 810. The molecule has 3 aromatic rings. The van der Waals surface area contributed by atoms with Gasteiger partial charge in [-0.1, -0.05) is 0 Å². The van der Waals surface area contributed by atoms with Crippen LogP contribution in [-0.4, -0.2) is 36.8 Å². The number of methoxy groups -OCH3 is 1. The van der Waals surface area contributed by atoms with Crippen LogP contribution in [0.5, 0.6) is 5.75 Å². The van der Waals surface area contributed by atoms with Crippen molar-refractivity contribution in [2.45, 2.75) is 16.7 Å². The van der Waals surface area contributed by atoms with Crippen molar-refractivity contribution in [3.8, 4) is 5.75 Å². The molecule has 2 aromatic carbocycles. The Kier molecular flexibility index (Phi) is 5.79. The van der Waals surface area contributed by atoms with Crippen LogP contribution >= 0.6 is 0 Å². The third-order valence-electron chi connectivity index (χ3n) is 3.74. The minimum atomic E-state index is -0.566. The Morgan fingerprint density at radius 1 is 1.16 bits per heavy atom. The van der Waals surface area contributed by atoms with Crippen LogP contribution in [0.1, 0.15) is 15.9 Å². The third-order valence-corrected chi connectivity index (χ3v) is 6.48. The number of hydrogen-bond acceptors (Lipinski definition) is 3. The first-order valence-corrected chi connectivity index (χ1v) is 9.87. The molecule has 0 saturated carbocycles. The Labute approximate surface area is 151 Å². The summed E-state index contributed by atoms with van der Waals surface area (Å²) in [6.45, 7) is 0.513. The Hall–Kier alpha value is -2.24. The van der Waals surface area contributed by atoms with E-state index in [0.29, 0.717) is 12.1 Å². The Balaban J connectivity index is 1.77. The molecule has 0 bridgehead atoms. The summed E-state index contributed by atoms with van der Waals surface area (Å²) in [5.74, 6) is -0.273. The van der Waals surface area contributed by atoms with Crippen molar-refractivity contribution < 1.29 is 13.5 Å². The fourth-order valence-electron chi connectivity index (χ4n) is 2.42. The van der Waals surface area contributed by atoms with Crippen LogP contribution in [0.3, 0.4) is 0 Å². The van der Waals surface area contributed by atoms with Gasteiger partial charge in [0, 0.05) is 0 Å². The van der Waals surface area contributed by atoms with Gasteiger partial charge in [-0.15, -0.1) is 0 Å². The first-order chi connectivity index (χ1) is 12.2. The molecule has 130 valence electrons. The molecule has 4 nitrogen and oxygen atoms in total. The molecule has 0 amide bonds. The number of nitrogens with zero attached hydrogens (tertiary/aromatic N) is 3. The molecule has 0 aliphatic rings. The summed E-state index contributed by atoms with van der Waals surface area (Å²) in [5, 5.41) is 4.94. The molecular formula is C18H17F2N3OSe. The zero-order valence-electron chi connectivity index (χ0n) is 13.6. The molecule has 0 radical (unpaired) electrons. The number of hydrogen-bond donors (Lipinski definition) is 0. The van der Waals surface area contributed by atoms with Crippen molar-refractivity contribution >= 4 is 15.0 Å². The van der Waals surface area contributed by atoms with Gasteiger partial charge in [0.05, 0.1) is 0 Å². The quantitative estimate of drug-likeness (QED) is 0.564. The minimum absolute atomic E-state index is 0.0548. The van der Waals surface area contributed by atoms with Gasteiger partial charge in [-0.25, -0.2) is 0 Å². The van der Waals surface area contributed by atoms with Crippen molar-refractivity contribution in [2.24, 2.45) is 0 Å². The van der Waals surface area contributed by atoms with E-state index >= 15 is 0 Å². The summed E-state index contributed by atoms with van der Waals surface area (Å²) >= 11 is 0.0548. The van der Waals surface area contributed by atoms with Gasteiger partial charge in [0.25, 0.3) is 0 Å². The maximum atomic E-state index is 14.3. The second-order valence-corrected chi connectivity index (χ2v) is 7.93. The molecule has 0 fully saturated rings. The SMILES string of the molecule is COc1ccc(C[Se]C(Cn2cncn2)c2ccc(F)cc2F)cc1. The molecule has 0 aliphatic heterocycles. The van der Waals surface area contributed by atoms with Gasteiger partial charge in [0.1, 0.15) is 0 Å². The van der Waals surface area contributed by atoms with E-state index in [2.05, 4.69) is 10.1 Å². The standard InChI is InChI=1S/C18H17F2N3OSe/c1-24-15-5-2-13(3-6-15)10-25-18(9-23-12-21-11-22-23)16-7-4-14(19)8-17(16)20/h2-8,11-12,18H,9-10H2,1H3. The summed E-state index contributed by atoms with van der Waals surface area (Å²) in [7, 11) is 1.63. The molecule has 1 heterocycles. The fraction of sp³-hybridized carbons (Fsp3) is 0.222. The number of benzene rings is 2. The average molecular weight is 408 g/mol. The van der Waals surface area contributed by atoms with Crippen molar-refractivity contribution in [3.05, 3.63) is 77.9 Å². The molecule has 7 heteroatoms. The topological polar surface area (TPSA) is 39.9 Å². The van der Waals surface area contributed by atoms with Crippen molar-refractivity contribution in [1.29, 1.82) is 0 Å². The van der Waals surface area contributed by atoms with Crippen molar-refractivity contribution in [3.63, 3.8) is 0 Å². The van der Waals surface area contributed by atoms with E-state index in [1.54, 1.807) is 18.1 Å². The predicted octanol–water partition coefficient (Wildman–Crippen LogP) is 3.21. The summed E-state index contributed by atoms with van der Waals surface area (Å²) < 4.78 is 34.3. The van der Waals surface area contributed by atoms with E-state index < -0.39 is 11.6 Å². The zero-order chi connectivity index (χ0) is 17.6. The van der Waals surface area contributed by atoms with Gasteiger partial charge in [-0.3, -0.25) is 0 Å². The first kappa shape index (κ1) is 17.6. The summed E-state index contributed by atoms with van der Waals surface area (Å²) in [5.41, 5.74) is 1.68. The number of halogens is 2. The maximum absolute atomic E-state index is 14.3. The summed E-state index contributed by atoms with van der Waals surface area (Å²) in [4.78, 5) is 3.86. The Morgan fingerprint density at radius 3 is 2.60 bits per heavy atom. The van der Waals surface area contributed by atoms with Gasteiger partial charge < -0.3 is 0 Å². The van der Waals surface area contributed by atoms with Gasteiger partial charge in [0.15, 0.2) is 0 Å². The summed E-state index contributed by atoms with van der Waals surface area (Å²) in [6.07, 6.45) is 3.06. The molecule has 3 rings (SSSR count). The molecule has 1 unspecified atom stereocenters. The van der Waals surface area contributed by atoms with E-state index in [4.69, 9.17) is 4.74 Å². The number of aromatic nitrogens is 3. The molecule has 0 aliphatic carbocycles. The monoisotopic (exact) mass is 409 g/mol. The first-order valence-electron chi connectivity index (χ1n) is 7.67. The van der Waals surface area contributed by atoms with Crippen LogP contribution < -0.4 is 4.74 Å². The predicted molar refractivity (Wildman–Crippen MR) is 91.6 cm³/mol. The molecule has 0 saturated heterocycles. The van der Waals surface area contributed by atoms with Gasteiger partial charge in [-0.2, -0.15) is 0 Å². The van der Waals surface area contributed by atoms with E-state index in [-0.39, 0.29) is 19.8 Å².